The number of ether oxygens (including phenoxy) is 2. The van der Waals surface area contributed by atoms with Crippen molar-refractivity contribution in [2.75, 3.05) is 24.1 Å². The number of sulfonamides is 1. The summed E-state index contributed by atoms with van der Waals surface area (Å²) in [5.41, 5.74) is 4.39. The van der Waals surface area contributed by atoms with Gasteiger partial charge in [-0.25, -0.2) is 13.8 Å². The van der Waals surface area contributed by atoms with Gasteiger partial charge in [0.25, 0.3) is 21.8 Å². The van der Waals surface area contributed by atoms with Crippen LogP contribution in [-0.4, -0.2) is 52.2 Å². The lowest BCUT2D eigenvalue weighted by molar-refractivity contribution is -0.124. The molecule has 0 unspecified atom stereocenters. The molecule has 228 valence electrons. The van der Waals surface area contributed by atoms with Crippen molar-refractivity contribution in [1.82, 2.24) is 10.7 Å². The minimum absolute atomic E-state index is 0.0293. The Morgan fingerprint density at radius 1 is 0.884 bits per heavy atom. The number of rotatable bonds is 13. The molecule has 0 aliphatic heterocycles. The first-order valence-electron chi connectivity index (χ1n) is 14.4. The lowest BCUT2D eigenvalue weighted by atomic mass is 9.95. The van der Waals surface area contributed by atoms with E-state index in [0.29, 0.717) is 29.4 Å². The van der Waals surface area contributed by atoms with Gasteiger partial charge < -0.3 is 14.8 Å². The number of hydrogen-bond acceptors (Lipinski definition) is 7. The van der Waals surface area contributed by atoms with Gasteiger partial charge in [0.15, 0.2) is 6.61 Å². The molecule has 43 heavy (non-hydrogen) atoms. The molecule has 0 atom stereocenters. The molecule has 4 rings (SSSR count). The Labute approximate surface area is 253 Å². The first kappa shape index (κ1) is 31.6. The minimum atomic E-state index is -4.07. The summed E-state index contributed by atoms with van der Waals surface area (Å²) in [5, 5.41) is 7.01. The molecule has 0 saturated heterocycles. The number of carbonyl (C=O) groups excluding carboxylic acids is 2. The molecule has 0 bridgehead atoms. The largest absolute Gasteiger partial charge is 0.494 e. The molecule has 3 aromatic carbocycles. The van der Waals surface area contributed by atoms with Gasteiger partial charge >= 0.3 is 0 Å². The third-order valence-electron chi connectivity index (χ3n) is 6.96. The van der Waals surface area contributed by atoms with E-state index in [4.69, 9.17) is 9.47 Å². The molecule has 0 spiro atoms. The number of carbonyl (C=O) groups is 2. The van der Waals surface area contributed by atoms with Crippen molar-refractivity contribution in [2.24, 2.45) is 5.10 Å². The second-order valence-electron chi connectivity index (χ2n) is 10.3. The highest BCUT2D eigenvalue weighted by Crippen LogP contribution is 2.25. The van der Waals surface area contributed by atoms with E-state index in [1.165, 1.54) is 24.8 Å². The monoisotopic (exact) mass is 606 g/mol. The van der Waals surface area contributed by atoms with Crippen molar-refractivity contribution in [3.05, 3.63) is 83.9 Å². The molecule has 1 aliphatic carbocycles. The summed E-state index contributed by atoms with van der Waals surface area (Å²) >= 11 is 0. The predicted octanol–water partition coefficient (Wildman–Crippen LogP) is 4.57. The van der Waals surface area contributed by atoms with Crippen molar-refractivity contribution in [2.45, 2.75) is 56.9 Å². The van der Waals surface area contributed by atoms with E-state index in [9.17, 15) is 18.0 Å². The van der Waals surface area contributed by atoms with E-state index < -0.39 is 22.5 Å². The van der Waals surface area contributed by atoms with Gasteiger partial charge in [0.2, 0.25) is 0 Å². The van der Waals surface area contributed by atoms with Gasteiger partial charge in [0.1, 0.15) is 18.0 Å². The normalized spacial score (nSPS) is 13.8. The maximum atomic E-state index is 13.6. The van der Waals surface area contributed by atoms with Gasteiger partial charge in [-0.15, -0.1) is 0 Å². The highest BCUT2D eigenvalue weighted by molar-refractivity contribution is 7.92. The number of hydrazone groups is 1. The maximum Gasteiger partial charge on any atom is 0.264 e. The lowest BCUT2D eigenvalue weighted by Crippen LogP contribution is -2.39. The summed E-state index contributed by atoms with van der Waals surface area (Å²) in [7, 11) is -4.07. The summed E-state index contributed by atoms with van der Waals surface area (Å²) in [6, 6.07) is 20.1. The smallest absolute Gasteiger partial charge is 0.264 e. The third kappa shape index (κ3) is 9.31. The summed E-state index contributed by atoms with van der Waals surface area (Å²) in [4.78, 5) is 25.0. The van der Waals surface area contributed by atoms with Crippen molar-refractivity contribution in [1.29, 1.82) is 0 Å². The number of amides is 2. The molecule has 0 aromatic heterocycles. The SMILES string of the molecule is CCOc1ccc(S(=O)(=O)N(CC(=O)N/N=C\c2ccc(OCC(=O)NC3CCCCC3)cc2)c2ccc(C)cc2)cc1. The van der Waals surface area contributed by atoms with Crippen LogP contribution in [-0.2, 0) is 19.6 Å². The Hall–Kier alpha value is -4.38. The van der Waals surface area contributed by atoms with Crippen LogP contribution in [0.1, 0.15) is 50.2 Å². The first-order chi connectivity index (χ1) is 20.7. The van der Waals surface area contributed by atoms with E-state index in [1.54, 1.807) is 60.7 Å². The van der Waals surface area contributed by atoms with E-state index in [2.05, 4.69) is 15.8 Å². The topological polar surface area (TPSA) is 126 Å². The first-order valence-corrected chi connectivity index (χ1v) is 15.8. The van der Waals surface area contributed by atoms with Crippen molar-refractivity contribution < 1.29 is 27.5 Å². The van der Waals surface area contributed by atoms with Gasteiger partial charge in [-0.2, -0.15) is 5.10 Å². The van der Waals surface area contributed by atoms with Gasteiger partial charge in [-0.05, 0) is 92.9 Å². The molecule has 1 fully saturated rings. The Kier molecular flexibility index (Phi) is 11.2. The van der Waals surface area contributed by atoms with Gasteiger partial charge in [0.05, 0.1) is 23.4 Å². The van der Waals surface area contributed by atoms with Crippen LogP contribution in [0.4, 0.5) is 5.69 Å². The van der Waals surface area contributed by atoms with Crippen LogP contribution < -0.4 is 24.5 Å². The van der Waals surface area contributed by atoms with Crippen molar-refractivity contribution in [3.8, 4) is 11.5 Å². The number of aryl methyl sites for hydroxylation is 1. The summed E-state index contributed by atoms with van der Waals surface area (Å²) in [6.07, 6.45) is 6.97. The highest BCUT2D eigenvalue weighted by Gasteiger charge is 2.27. The van der Waals surface area contributed by atoms with Crippen molar-refractivity contribution >= 4 is 33.7 Å². The van der Waals surface area contributed by atoms with E-state index in [-0.39, 0.29) is 23.5 Å². The van der Waals surface area contributed by atoms with E-state index in [0.717, 1.165) is 35.6 Å². The molecule has 1 saturated carbocycles. The fourth-order valence-corrected chi connectivity index (χ4v) is 6.11. The van der Waals surface area contributed by atoms with Crippen LogP contribution in [0.3, 0.4) is 0 Å². The average Bonchev–Trinajstić information content (AvgIpc) is 3.01. The Balaban J connectivity index is 1.34. The molecule has 0 radical (unpaired) electrons. The van der Waals surface area contributed by atoms with Gasteiger partial charge in [-0.1, -0.05) is 37.0 Å². The molecular weight excluding hydrogens is 568 g/mol. The fraction of sp³-hybridized carbons (Fsp3) is 0.344. The Morgan fingerprint density at radius 3 is 2.16 bits per heavy atom. The zero-order valence-electron chi connectivity index (χ0n) is 24.5. The predicted molar refractivity (Wildman–Crippen MR) is 166 cm³/mol. The second-order valence-corrected chi connectivity index (χ2v) is 12.2. The zero-order valence-corrected chi connectivity index (χ0v) is 25.3. The highest BCUT2D eigenvalue weighted by atomic mass is 32.2. The summed E-state index contributed by atoms with van der Waals surface area (Å²) in [5.74, 6) is 0.336. The average molecular weight is 607 g/mol. The second kappa shape index (κ2) is 15.2. The summed E-state index contributed by atoms with van der Waals surface area (Å²) < 4.78 is 39.2. The van der Waals surface area contributed by atoms with E-state index >= 15 is 0 Å². The van der Waals surface area contributed by atoms with E-state index in [1.807, 2.05) is 13.8 Å². The molecule has 2 N–H and O–H groups in total. The lowest BCUT2D eigenvalue weighted by Gasteiger charge is -2.24. The van der Waals surface area contributed by atoms with Crippen LogP contribution in [0.15, 0.2) is 82.8 Å². The van der Waals surface area contributed by atoms with Crippen LogP contribution in [0.5, 0.6) is 11.5 Å². The summed E-state index contributed by atoms with van der Waals surface area (Å²) in [6.45, 7) is 3.65. The maximum absolute atomic E-state index is 13.6. The molecule has 0 heterocycles. The number of nitrogens with one attached hydrogen (secondary N) is 2. The number of anilines is 1. The number of benzene rings is 3. The zero-order chi connectivity index (χ0) is 30.7. The van der Waals surface area contributed by atoms with Crippen LogP contribution in [0.2, 0.25) is 0 Å². The fourth-order valence-electron chi connectivity index (χ4n) is 4.69. The van der Waals surface area contributed by atoms with Gasteiger partial charge in [0, 0.05) is 6.04 Å². The number of hydrogen-bond donors (Lipinski definition) is 2. The third-order valence-corrected chi connectivity index (χ3v) is 8.74. The quantitative estimate of drug-likeness (QED) is 0.217. The molecule has 2 amide bonds. The molecule has 3 aromatic rings. The van der Waals surface area contributed by atoms with Crippen LogP contribution in [0.25, 0.3) is 0 Å². The number of nitrogens with zero attached hydrogens (tertiary/aromatic N) is 2. The molecule has 10 nitrogen and oxygen atoms in total. The Bertz CT molecular complexity index is 1480. The molecule has 1 aliphatic rings. The standard InChI is InChI=1S/C32H38N4O6S/c1-3-41-28-17-19-30(20-18-28)43(39,40)36(27-13-9-24(2)10-14-27)22-31(37)35-33-21-25-11-15-29(16-12-25)42-23-32(38)34-26-7-5-4-6-8-26/h9-21,26H,3-8,22-23H2,1-2H3,(H,34,38)(H,35,37)/b33-21-. The van der Waals surface area contributed by atoms with Crippen LogP contribution in [0, 0.1) is 6.92 Å². The molecular formula is C32H38N4O6S. The van der Waals surface area contributed by atoms with Gasteiger partial charge in [-0.3, -0.25) is 13.9 Å². The van der Waals surface area contributed by atoms with Crippen molar-refractivity contribution in [3.63, 3.8) is 0 Å². The minimum Gasteiger partial charge on any atom is -0.494 e. The molecule has 11 heteroatoms. The Morgan fingerprint density at radius 2 is 1.51 bits per heavy atom. The van der Waals surface area contributed by atoms with Crippen LogP contribution >= 0.6 is 0 Å².